The lowest BCUT2D eigenvalue weighted by molar-refractivity contribution is 0.544. The average Bonchev–Trinajstić information content (AvgIpc) is 2.61. The second-order valence-corrected chi connectivity index (χ2v) is 4.11. The van der Waals surface area contributed by atoms with Crippen molar-refractivity contribution in [2.75, 3.05) is 5.73 Å². The van der Waals surface area contributed by atoms with Crippen LogP contribution in [0.4, 0.5) is 5.69 Å². The molecule has 0 aliphatic carbocycles. The van der Waals surface area contributed by atoms with Crippen molar-refractivity contribution in [3.63, 3.8) is 0 Å². The van der Waals surface area contributed by atoms with Gasteiger partial charge in [0, 0.05) is 11.7 Å². The molecule has 80 valence electrons. The normalized spacial score (nSPS) is 13.3. The molecule has 1 heterocycles. The Morgan fingerprint density at radius 3 is 2.87 bits per heavy atom. The lowest BCUT2D eigenvalue weighted by Gasteiger charge is -2.12. The Morgan fingerprint density at radius 1 is 1.47 bits per heavy atom. The number of anilines is 1. The third kappa shape index (κ3) is 1.58. The molecule has 2 rings (SSSR count). The third-order valence-corrected chi connectivity index (χ3v) is 3.03. The number of benzene rings is 1. The second kappa shape index (κ2) is 3.57. The highest BCUT2D eigenvalue weighted by Gasteiger charge is 2.08. The van der Waals surface area contributed by atoms with Crippen molar-refractivity contribution in [2.24, 2.45) is 0 Å². The molecule has 0 bridgehead atoms. The number of fused-ring (bicyclic) bond motifs is 1. The summed E-state index contributed by atoms with van der Waals surface area (Å²) in [6, 6.07) is 4.53. The van der Waals surface area contributed by atoms with E-state index in [1.54, 1.807) is 0 Å². The summed E-state index contributed by atoms with van der Waals surface area (Å²) in [5.74, 6) is 0. The van der Waals surface area contributed by atoms with Crippen LogP contribution in [0.25, 0.3) is 11.0 Å². The molecule has 0 aliphatic rings. The van der Waals surface area contributed by atoms with E-state index in [1.165, 1.54) is 0 Å². The fourth-order valence-electron chi connectivity index (χ4n) is 1.74. The largest absolute Gasteiger partial charge is 0.398 e. The van der Waals surface area contributed by atoms with E-state index < -0.39 is 0 Å². The minimum absolute atomic E-state index is 0.470. The smallest absolute Gasteiger partial charge is 0.0960 e. The minimum atomic E-state index is 0.470. The molecular formula is C12H17N3. The summed E-state index contributed by atoms with van der Waals surface area (Å²) in [6.07, 6.45) is 3.00. The van der Waals surface area contributed by atoms with Crippen LogP contribution in [0.2, 0.25) is 0 Å². The first-order valence-electron chi connectivity index (χ1n) is 5.36. The Hall–Kier alpha value is -1.51. The number of imidazole rings is 1. The van der Waals surface area contributed by atoms with Gasteiger partial charge in [0.05, 0.1) is 17.4 Å². The summed E-state index contributed by atoms with van der Waals surface area (Å²) in [5, 5.41) is 0. The maximum absolute atomic E-state index is 5.91. The third-order valence-electron chi connectivity index (χ3n) is 3.03. The van der Waals surface area contributed by atoms with Crippen LogP contribution in [0.15, 0.2) is 18.5 Å². The maximum Gasteiger partial charge on any atom is 0.0960 e. The summed E-state index contributed by atoms with van der Waals surface area (Å²) in [7, 11) is 0. The van der Waals surface area contributed by atoms with Crippen LogP contribution in [0.1, 0.15) is 31.9 Å². The monoisotopic (exact) mass is 203 g/mol. The van der Waals surface area contributed by atoms with Crippen LogP contribution < -0.4 is 5.73 Å². The summed E-state index contributed by atoms with van der Waals surface area (Å²) >= 11 is 0. The molecule has 1 aromatic carbocycles. The lowest BCUT2D eigenvalue weighted by Crippen LogP contribution is -2.02. The zero-order valence-corrected chi connectivity index (χ0v) is 9.49. The van der Waals surface area contributed by atoms with Gasteiger partial charge >= 0.3 is 0 Å². The van der Waals surface area contributed by atoms with Gasteiger partial charge in [-0.15, -0.1) is 0 Å². The van der Waals surface area contributed by atoms with Crippen LogP contribution in [0.5, 0.6) is 0 Å². The van der Waals surface area contributed by atoms with Crippen molar-refractivity contribution in [3.8, 4) is 0 Å². The molecule has 3 nitrogen and oxygen atoms in total. The lowest BCUT2D eigenvalue weighted by atomic mass is 10.1. The average molecular weight is 203 g/mol. The van der Waals surface area contributed by atoms with Gasteiger partial charge in [-0.1, -0.05) is 6.92 Å². The molecule has 0 saturated carbocycles. The molecule has 1 atom stereocenters. The van der Waals surface area contributed by atoms with E-state index in [2.05, 4.69) is 23.4 Å². The number of aryl methyl sites for hydroxylation is 1. The molecule has 0 fully saturated rings. The number of rotatable bonds is 2. The summed E-state index contributed by atoms with van der Waals surface area (Å²) < 4.78 is 2.19. The van der Waals surface area contributed by atoms with E-state index in [0.29, 0.717) is 6.04 Å². The molecule has 0 saturated heterocycles. The molecule has 0 amide bonds. The predicted molar refractivity (Wildman–Crippen MR) is 63.9 cm³/mol. The Balaban J connectivity index is 2.64. The van der Waals surface area contributed by atoms with Gasteiger partial charge in [-0.05, 0) is 38.0 Å². The van der Waals surface area contributed by atoms with E-state index in [0.717, 1.165) is 28.7 Å². The summed E-state index contributed by atoms with van der Waals surface area (Å²) in [4.78, 5) is 4.40. The molecule has 1 aromatic heterocycles. The fourth-order valence-corrected chi connectivity index (χ4v) is 1.74. The highest BCUT2D eigenvalue weighted by Crippen LogP contribution is 2.24. The van der Waals surface area contributed by atoms with Gasteiger partial charge in [0.15, 0.2) is 0 Å². The molecule has 2 aromatic rings. The van der Waals surface area contributed by atoms with Crippen molar-refractivity contribution in [2.45, 2.75) is 33.2 Å². The highest BCUT2D eigenvalue weighted by molar-refractivity contribution is 5.81. The number of nitrogens with zero attached hydrogens (tertiary/aromatic N) is 2. The van der Waals surface area contributed by atoms with E-state index >= 15 is 0 Å². The topological polar surface area (TPSA) is 43.8 Å². The second-order valence-electron chi connectivity index (χ2n) is 4.11. The van der Waals surface area contributed by atoms with Crippen LogP contribution >= 0.6 is 0 Å². The van der Waals surface area contributed by atoms with E-state index in [4.69, 9.17) is 5.73 Å². The molecule has 0 radical (unpaired) electrons. The van der Waals surface area contributed by atoms with Gasteiger partial charge in [-0.3, -0.25) is 0 Å². The maximum atomic E-state index is 5.91. The van der Waals surface area contributed by atoms with Gasteiger partial charge in [0.1, 0.15) is 0 Å². The standard InChI is InChI=1S/C12H17N3/c1-4-9(3)15-7-14-11-5-8(2)10(13)6-12(11)15/h5-7,9H,4,13H2,1-3H3/t9-/m1/s1. The van der Waals surface area contributed by atoms with Gasteiger partial charge in [-0.2, -0.15) is 0 Å². The first kappa shape index (κ1) is 10.0. The van der Waals surface area contributed by atoms with Crippen LogP contribution in [0, 0.1) is 6.92 Å². The fraction of sp³-hybridized carbons (Fsp3) is 0.417. The Bertz CT molecular complexity index is 485. The Labute approximate surface area is 89.9 Å². The minimum Gasteiger partial charge on any atom is -0.398 e. The number of nitrogens with two attached hydrogens (primary N) is 1. The van der Waals surface area contributed by atoms with Crippen molar-refractivity contribution in [1.82, 2.24) is 9.55 Å². The first-order chi connectivity index (χ1) is 7.13. The number of aromatic nitrogens is 2. The zero-order chi connectivity index (χ0) is 11.0. The molecule has 0 unspecified atom stereocenters. The van der Waals surface area contributed by atoms with Crippen LogP contribution in [-0.2, 0) is 0 Å². The number of hydrogen-bond donors (Lipinski definition) is 1. The Kier molecular flexibility index (Phi) is 2.39. The molecule has 0 spiro atoms. The van der Waals surface area contributed by atoms with Crippen LogP contribution in [-0.4, -0.2) is 9.55 Å². The van der Waals surface area contributed by atoms with Crippen molar-refractivity contribution in [1.29, 1.82) is 0 Å². The highest BCUT2D eigenvalue weighted by atomic mass is 15.1. The first-order valence-corrected chi connectivity index (χ1v) is 5.36. The Morgan fingerprint density at radius 2 is 2.20 bits per heavy atom. The summed E-state index contributed by atoms with van der Waals surface area (Å²) in [6.45, 7) is 6.38. The van der Waals surface area contributed by atoms with Gasteiger partial charge in [-0.25, -0.2) is 4.98 Å². The van der Waals surface area contributed by atoms with Crippen LogP contribution in [0.3, 0.4) is 0 Å². The van der Waals surface area contributed by atoms with Crippen molar-refractivity contribution >= 4 is 16.7 Å². The van der Waals surface area contributed by atoms with E-state index in [1.807, 2.05) is 25.4 Å². The molecule has 15 heavy (non-hydrogen) atoms. The predicted octanol–water partition coefficient (Wildman–Crippen LogP) is 2.90. The van der Waals surface area contributed by atoms with Crippen molar-refractivity contribution in [3.05, 3.63) is 24.0 Å². The SMILES string of the molecule is CC[C@@H](C)n1cnc2cc(C)c(N)cc21. The molecule has 0 aliphatic heterocycles. The molecule has 2 N–H and O–H groups in total. The van der Waals surface area contributed by atoms with Crippen molar-refractivity contribution < 1.29 is 0 Å². The van der Waals surface area contributed by atoms with E-state index in [-0.39, 0.29) is 0 Å². The van der Waals surface area contributed by atoms with Gasteiger partial charge in [0.25, 0.3) is 0 Å². The van der Waals surface area contributed by atoms with Gasteiger partial charge < -0.3 is 10.3 Å². The number of hydrogen-bond acceptors (Lipinski definition) is 2. The molecular weight excluding hydrogens is 186 g/mol. The zero-order valence-electron chi connectivity index (χ0n) is 9.49. The van der Waals surface area contributed by atoms with Gasteiger partial charge in [0.2, 0.25) is 0 Å². The molecule has 3 heteroatoms. The van der Waals surface area contributed by atoms with E-state index in [9.17, 15) is 0 Å². The quantitative estimate of drug-likeness (QED) is 0.763. The summed E-state index contributed by atoms with van der Waals surface area (Å²) in [5.41, 5.74) is 10.0. The number of nitrogen functional groups attached to an aromatic ring is 1.